The van der Waals surface area contributed by atoms with Crippen molar-refractivity contribution in [1.29, 1.82) is 0 Å². The van der Waals surface area contributed by atoms with Crippen LogP contribution >= 0.6 is 23.2 Å². The first-order valence-electron chi connectivity index (χ1n) is 3.64. The van der Waals surface area contributed by atoms with Crippen molar-refractivity contribution in [2.24, 2.45) is 5.11 Å². The van der Waals surface area contributed by atoms with Gasteiger partial charge in [-0.2, -0.15) is 0 Å². The highest BCUT2D eigenvalue weighted by Crippen LogP contribution is 2.28. The minimum absolute atomic E-state index is 0.295. The third-order valence-corrected chi connectivity index (χ3v) is 2.21. The molecule has 0 aromatic heterocycles. The molecule has 1 unspecified atom stereocenters. The maximum Gasteiger partial charge on any atom is 0.0612 e. The molecule has 0 aliphatic heterocycles. The Morgan fingerprint density at radius 3 is 2.77 bits per heavy atom. The number of benzene rings is 1. The van der Waals surface area contributed by atoms with Crippen molar-refractivity contribution >= 4 is 23.2 Å². The predicted octanol–water partition coefficient (Wildman–Crippen LogP) is 4.36. The van der Waals surface area contributed by atoms with E-state index in [0.717, 1.165) is 5.56 Å². The molecule has 1 atom stereocenters. The number of rotatable bonds is 2. The van der Waals surface area contributed by atoms with Gasteiger partial charge in [-0.25, -0.2) is 0 Å². The van der Waals surface area contributed by atoms with E-state index in [0.29, 0.717) is 10.0 Å². The number of hydrogen-bond acceptors (Lipinski definition) is 1. The molecule has 0 N–H and O–H groups in total. The molecule has 0 radical (unpaired) electrons. The van der Waals surface area contributed by atoms with Crippen molar-refractivity contribution in [3.05, 3.63) is 44.3 Å². The SMILES string of the molecule is CC(N=[N+]=[N-])c1cc(Cl)ccc1Cl. The molecule has 68 valence electrons. The van der Waals surface area contributed by atoms with E-state index in [-0.39, 0.29) is 6.04 Å². The largest absolute Gasteiger partial charge is 0.0861 e. The van der Waals surface area contributed by atoms with Crippen LogP contribution in [0.25, 0.3) is 10.4 Å². The number of nitrogens with zero attached hydrogens (tertiary/aromatic N) is 3. The first kappa shape index (κ1) is 10.2. The Bertz CT molecular complexity index is 358. The zero-order chi connectivity index (χ0) is 9.84. The normalized spacial score (nSPS) is 11.9. The summed E-state index contributed by atoms with van der Waals surface area (Å²) in [6.45, 7) is 1.76. The van der Waals surface area contributed by atoms with E-state index in [1.165, 1.54) is 0 Å². The molecule has 1 aromatic carbocycles. The van der Waals surface area contributed by atoms with Gasteiger partial charge in [-0.1, -0.05) is 35.2 Å². The smallest absolute Gasteiger partial charge is 0.0612 e. The minimum Gasteiger partial charge on any atom is -0.0861 e. The summed E-state index contributed by atoms with van der Waals surface area (Å²) in [4.78, 5) is 2.71. The molecule has 1 aromatic rings. The molecule has 13 heavy (non-hydrogen) atoms. The lowest BCUT2D eigenvalue weighted by molar-refractivity contribution is 0.808. The van der Waals surface area contributed by atoms with Gasteiger partial charge >= 0.3 is 0 Å². The highest BCUT2D eigenvalue weighted by atomic mass is 35.5. The summed E-state index contributed by atoms with van der Waals surface area (Å²) in [6, 6.07) is 4.78. The zero-order valence-electron chi connectivity index (χ0n) is 6.91. The molecule has 0 spiro atoms. The van der Waals surface area contributed by atoms with Crippen molar-refractivity contribution in [3.63, 3.8) is 0 Å². The fraction of sp³-hybridized carbons (Fsp3) is 0.250. The van der Waals surface area contributed by atoms with Crippen LogP contribution in [0.2, 0.25) is 10.0 Å². The number of halogens is 2. The van der Waals surface area contributed by atoms with E-state index in [2.05, 4.69) is 10.0 Å². The Hall–Kier alpha value is -0.890. The van der Waals surface area contributed by atoms with Gasteiger partial charge in [0.1, 0.15) is 0 Å². The van der Waals surface area contributed by atoms with Gasteiger partial charge in [-0.3, -0.25) is 0 Å². The molecule has 0 aliphatic rings. The quantitative estimate of drug-likeness (QED) is 0.400. The molecule has 0 saturated heterocycles. The number of azide groups is 1. The van der Waals surface area contributed by atoms with Gasteiger partial charge in [0.2, 0.25) is 0 Å². The first-order chi connectivity index (χ1) is 6.15. The van der Waals surface area contributed by atoms with Crippen LogP contribution < -0.4 is 0 Å². The zero-order valence-corrected chi connectivity index (χ0v) is 8.42. The van der Waals surface area contributed by atoms with E-state index < -0.39 is 0 Å². The monoisotopic (exact) mass is 215 g/mol. The molecule has 0 bridgehead atoms. The molecule has 0 fully saturated rings. The van der Waals surface area contributed by atoms with Crippen LogP contribution in [-0.4, -0.2) is 0 Å². The Morgan fingerprint density at radius 2 is 2.15 bits per heavy atom. The molecular weight excluding hydrogens is 209 g/mol. The summed E-state index contributed by atoms with van der Waals surface area (Å²) in [5.41, 5.74) is 8.98. The lowest BCUT2D eigenvalue weighted by atomic mass is 10.1. The molecule has 1 rings (SSSR count). The van der Waals surface area contributed by atoms with Crippen LogP contribution in [0.3, 0.4) is 0 Å². The molecule has 3 nitrogen and oxygen atoms in total. The van der Waals surface area contributed by atoms with Crippen LogP contribution in [0.15, 0.2) is 23.3 Å². The predicted molar refractivity (Wildman–Crippen MR) is 54.0 cm³/mol. The van der Waals surface area contributed by atoms with E-state index >= 15 is 0 Å². The van der Waals surface area contributed by atoms with Gasteiger partial charge in [-0.15, -0.1) is 0 Å². The summed E-state index contributed by atoms with van der Waals surface area (Å²) < 4.78 is 0. The average Bonchev–Trinajstić information content (AvgIpc) is 2.09. The van der Waals surface area contributed by atoms with Gasteiger partial charge < -0.3 is 0 Å². The van der Waals surface area contributed by atoms with Crippen LogP contribution in [-0.2, 0) is 0 Å². The minimum atomic E-state index is -0.295. The second-order valence-electron chi connectivity index (χ2n) is 2.55. The lowest BCUT2D eigenvalue weighted by Crippen LogP contribution is -1.89. The Labute approximate surface area is 85.9 Å². The fourth-order valence-electron chi connectivity index (χ4n) is 0.974. The second kappa shape index (κ2) is 4.38. The van der Waals surface area contributed by atoms with Gasteiger partial charge in [0.15, 0.2) is 0 Å². The van der Waals surface area contributed by atoms with Crippen LogP contribution in [0, 0.1) is 0 Å². The van der Waals surface area contributed by atoms with E-state index in [1.807, 2.05) is 0 Å². The summed E-state index contributed by atoms with van der Waals surface area (Å²) in [5.74, 6) is 0. The third kappa shape index (κ3) is 2.52. The van der Waals surface area contributed by atoms with Gasteiger partial charge in [-0.05, 0) is 29.3 Å². The number of hydrogen-bond donors (Lipinski definition) is 0. The van der Waals surface area contributed by atoms with Crippen molar-refractivity contribution in [1.82, 2.24) is 0 Å². The summed E-state index contributed by atoms with van der Waals surface area (Å²) in [7, 11) is 0. The van der Waals surface area contributed by atoms with Crippen LogP contribution in [0.4, 0.5) is 0 Å². The van der Waals surface area contributed by atoms with E-state index in [9.17, 15) is 0 Å². The summed E-state index contributed by atoms with van der Waals surface area (Å²) in [5, 5.41) is 4.68. The standard InChI is InChI=1S/C8H7Cl2N3/c1-5(12-13-11)7-4-6(9)2-3-8(7)10/h2-5H,1H3. The topological polar surface area (TPSA) is 48.8 Å². The summed E-state index contributed by atoms with van der Waals surface area (Å²) in [6.07, 6.45) is 0. The maximum absolute atomic E-state index is 8.24. The Morgan fingerprint density at radius 1 is 1.46 bits per heavy atom. The van der Waals surface area contributed by atoms with Crippen molar-refractivity contribution in [2.75, 3.05) is 0 Å². The Kier molecular flexibility index (Phi) is 3.43. The van der Waals surface area contributed by atoms with Gasteiger partial charge in [0.25, 0.3) is 0 Å². The first-order valence-corrected chi connectivity index (χ1v) is 4.40. The molecule has 0 saturated carbocycles. The summed E-state index contributed by atoms with van der Waals surface area (Å²) >= 11 is 11.7. The van der Waals surface area contributed by atoms with Crippen molar-refractivity contribution in [3.8, 4) is 0 Å². The second-order valence-corrected chi connectivity index (χ2v) is 3.39. The highest BCUT2D eigenvalue weighted by Gasteiger charge is 2.07. The lowest BCUT2D eigenvalue weighted by Gasteiger charge is -2.07. The van der Waals surface area contributed by atoms with Crippen LogP contribution in [0.1, 0.15) is 18.5 Å². The maximum atomic E-state index is 8.24. The molecule has 0 aliphatic carbocycles. The Balaban J connectivity index is 3.12. The highest BCUT2D eigenvalue weighted by molar-refractivity contribution is 6.33. The third-order valence-electron chi connectivity index (χ3n) is 1.63. The average molecular weight is 216 g/mol. The fourth-order valence-corrected chi connectivity index (χ4v) is 1.43. The van der Waals surface area contributed by atoms with Crippen molar-refractivity contribution in [2.45, 2.75) is 13.0 Å². The molecule has 0 amide bonds. The molecular formula is C8H7Cl2N3. The van der Waals surface area contributed by atoms with Crippen molar-refractivity contribution < 1.29 is 0 Å². The molecule has 0 heterocycles. The van der Waals surface area contributed by atoms with E-state index in [1.54, 1.807) is 25.1 Å². The van der Waals surface area contributed by atoms with Gasteiger partial charge in [0, 0.05) is 15.0 Å². The van der Waals surface area contributed by atoms with Crippen LogP contribution in [0.5, 0.6) is 0 Å². The van der Waals surface area contributed by atoms with Gasteiger partial charge in [0.05, 0.1) is 6.04 Å². The molecule has 5 heteroatoms. The van der Waals surface area contributed by atoms with E-state index in [4.69, 9.17) is 28.7 Å².